The Bertz CT molecular complexity index is 571. The fourth-order valence-electron chi connectivity index (χ4n) is 1.35. The molecule has 0 saturated heterocycles. The summed E-state index contributed by atoms with van der Waals surface area (Å²) in [5, 5.41) is 1.79. The van der Waals surface area contributed by atoms with Gasteiger partial charge in [-0.25, -0.2) is 9.18 Å². The van der Waals surface area contributed by atoms with Crippen molar-refractivity contribution in [3.63, 3.8) is 0 Å². The lowest BCUT2D eigenvalue weighted by molar-refractivity contribution is 0.0453. The zero-order valence-electron chi connectivity index (χ0n) is 9.77. The van der Waals surface area contributed by atoms with Crippen molar-refractivity contribution in [2.24, 2.45) is 0 Å². The highest BCUT2D eigenvalue weighted by Crippen LogP contribution is 2.23. The molecule has 0 aliphatic rings. The standard InChI is InChI=1S/C13H10BrFO3S/c14-9-5-8-19-12(9)13(16)18-7-6-17-11-4-2-1-3-10(11)15/h1-5,8H,6-7H2. The zero-order chi connectivity index (χ0) is 13.7. The minimum Gasteiger partial charge on any atom is -0.487 e. The number of rotatable bonds is 5. The van der Waals surface area contributed by atoms with Crippen molar-refractivity contribution in [2.75, 3.05) is 13.2 Å². The summed E-state index contributed by atoms with van der Waals surface area (Å²) in [7, 11) is 0. The Morgan fingerprint density at radius 2 is 2.05 bits per heavy atom. The molecule has 2 rings (SSSR count). The van der Waals surface area contributed by atoms with E-state index in [9.17, 15) is 9.18 Å². The van der Waals surface area contributed by atoms with Gasteiger partial charge in [0.15, 0.2) is 11.6 Å². The van der Waals surface area contributed by atoms with E-state index in [2.05, 4.69) is 15.9 Å². The van der Waals surface area contributed by atoms with Gasteiger partial charge < -0.3 is 9.47 Å². The summed E-state index contributed by atoms with van der Waals surface area (Å²) in [6, 6.07) is 7.86. The highest BCUT2D eigenvalue weighted by molar-refractivity contribution is 9.10. The topological polar surface area (TPSA) is 35.5 Å². The van der Waals surface area contributed by atoms with Gasteiger partial charge in [-0.3, -0.25) is 0 Å². The maximum atomic E-state index is 13.2. The number of thiophene rings is 1. The van der Waals surface area contributed by atoms with Crippen LogP contribution in [0.25, 0.3) is 0 Å². The van der Waals surface area contributed by atoms with Crippen LogP contribution >= 0.6 is 27.3 Å². The molecule has 1 aromatic heterocycles. The van der Waals surface area contributed by atoms with Crippen molar-refractivity contribution in [3.8, 4) is 5.75 Å². The molecule has 0 saturated carbocycles. The van der Waals surface area contributed by atoms with E-state index in [1.807, 2.05) is 0 Å². The molecule has 0 aliphatic heterocycles. The molecule has 100 valence electrons. The van der Waals surface area contributed by atoms with E-state index < -0.39 is 11.8 Å². The molecule has 0 unspecified atom stereocenters. The highest BCUT2D eigenvalue weighted by Gasteiger charge is 2.12. The number of benzene rings is 1. The Hall–Kier alpha value is -1.40. The van der Waals surface area contributed by atoms with Gasteiger partial charge >= 0.3 is 5.97 Å². The summed E-state index contributed by atoms with van der Waals surface area (Å²) < 4.78 is 24.1. The first-order valence-electron chi connectivity index (χ1n) is 5.46. The van der Waals surface area contributed by atoms with Gasteiger partial charge in [0.05, 0.1) is 0 Å². The molecule has 2 aromatic rings. The lowest BCUT2D eigenvalue weighted by Crippen LogP contribution is -2.12. The number of hydrogen-bond donors (Lipinski definition) is 0. The van der Waals surface area contributed by atoms with Crippen LogP contribution in [0.15, 0.2) is 40.2 Å². The predicted octanol–water partition coefficient (Wildman–Crippen LogP) is 3.89. The first-order valence-corrected chi connectivity index (χ1v) is 7.13. The van der Waals surface area contributed by atoms with Crippen LogP contribution in [0.1, 0.15) is 9.67 Å². The lowest BCUT2D eigenvalue weighted by Gasteiger charge is -2.07. The minimum atomic E-state index is -0.435. The third-order valence-electron chi connectivity index (χ3n) is 2.21. The van der Waals surface area contributed by atoms with Crippen LogP contribution in [0.3, 0.4) is 0 Å². The van der Waals surface area contributed by atoms with Gasteiger partial charge in [-0.15, -0.1) is 11.3 Å². The molecule has 1 aromatic carbocycles. The van der Waals surface area contributed by atoms with Crippen molar-refractivity contribution in [1.29, 1.82) is 0 Å². The minimum absolute atomic E-state index is 0.0670. The number of halogens is 2. The highest BCUT2D eigenvalue weighted by atomic mass is 79.9. The smallest absolute Gasteiger partial charge is 0.349 e. The molecule has 0 radical (unpaired) electrons. The molecule has 0 atom stereocenters. The van der Waals surface area contributed by atoms with Gasteiger partial charge in [0.2, 0.25) is 0 Å². The lowest BCUT2D eigenvalue weighted by atomic mass is 10.3. The predicted molar refractivity (Wildman–Crippen MR) is 74.2 cm³/mol. The van der Waals surface area contributed by atoms with Gasteiger partial charge in [0, 0.05) is 4.47 Å². The Kier molecular flexibility index (Phi) is 4.93. The first-order chi connectivity index (χ1) is 9.18. The zero-order valence-corrected chi connectivity index (χ0v) is 12.2. The van der Waals surface area contributed by atoms with E-state index in [1.54, 1.807) is 23.6 Å². The molecule has 1 heterocycles. The summed E-state index contributed by atoms with van der Waals surface area (Å²) in [6.07, 6.45) is 0. The molecule has 0 N–H and O–H groups in total. The van der Waals surface area contributed by atoms with Crippen LogP contribution in [0, 0.1) is 5.82 Å². The van der Waals surface area contributed by atoms with E-state index in [0.717, 1.165) is 0 Å². The number of carbonyl (C=O) groups excluding carboxylic acids is 1. The van der Waals surface area contributed by atoms with Crippen LogP contribution in [0.4, 0.5) is 4.39 Å². The maximum absolute atomic E-state index is 13.2. The number of ether oxygens (including phenoxy) is 2. The second-order valence-electron chi connectivity index (χ2n) is 3.51. The molecule has 0 spiro atoms. The number of para-hydroxylation sites is 1. The Balaban J connectivity index is 1.77. The fourth-order valence-corrected chi connectivity index (χ4v) is 2.78. The molecule has 0 bridgehead atoms. The molecule has 3 nitrogen and oxygen atoms in total. The van der Waals surface area contributed by atoms with Gasteiger partial charge in [0.25, 0.3) is 0 Å². The van der Waals surface area contributed by atoms with Crippen molar-refractivity contribution >= 4 is 33.2 Å². The Labute approximate surface area is 122 Å². The average molecular weight is 345 g/mol. The van der Waals surface area contributed by atoms with Gasteiger partial charge in [-0.1, -0.05) is 12.1 Å². The quantitative estimate of drug-likeness (QED) is 0.609. The summed E-state index contributed by atoms with van der Waals surface area (Å²) in [5.74, 6) is -0.704. The van der Waals surface area contributed by atoms with Crippen LogP contribution in [-0.4, -0.2) is 19.2 Å². The van der Waals surface area contributed by atoms with Crippen molar-refractivity contribution in [1.82, 2.24) is 0 Å². The largest absolute Gasteiger partial charge is 0.487 e. The van der Waals surface area contributed by atoms with E-state index >= 15 is 0 Å². The summed E-state index contributed by atoms with van der Waals surface area (Å²) in [6.45, 7) is 0.174. The fraction of sp³-hybridized carbons (Fsp3) is 0.154. The average Bonchev–Trinajstić information content (AvgIpc) is 2.82. The second kappa shape index (κ2) is 6.68. The van der Waals surface area contributed by atoms with Gasteiger partial charge in [-0.2, -0.15) is 0 Å². The SMILES string of the molecule is O=C(OCCOc1ccccc1F)c1sccc1Br. The Morgan fingerprint density at radius 3 is 2.74 bits per heavy atom. The third-order valence-corrected chi connectivity index (χ3v) is 4.03. The third kappa shape index (κ3) is 3.78. The summed E-state index contributed by atoms with van der Waals surface area (Å²) >= 11 is 4.54. The molecular formula is C13H10BrFO3S. The molecule has 0 fully saturated rings. The van der Waals surface area contributed by atoms with Crippen molar-refractivity contribution in [2.45, 2.75) is 0 Å². The second-order valence-corrected chi connectivity index (χ2v) is 5.28. The van der Waals surface area contributed by atoms with E-state index in [4.69, 9.17) is 9.47 Å². The normalized spacial score (nSPS) is 10.2. The van der Waals surface area contributed by atoms with Crippen LogP contribution in [0.2, 0.25) is 0 Å². The first kappa shape index (κ1) is 14.0. The van der Waals surface area contributed by atoms with Gasteiger partial charge in [-0.05, 0) is 39.5 Å². The molecule has 0 amide bonds. The van der Waals surface area contributed by atoms with E-state index in [1.165, 1.54) is 23.5 Å². The summed E-state index contributed by atoms with van der Waals surface area (Å²) in [4.78, 5) is 12.1. The van der Waals surface area contributed by atoms with E-state index in [-0.39, 0.29) is 19.0 Å². The van der Waals surface area contributed by atoms with Gasteiger partial charge in [0.1, 0.15) is 18.1 Å². The van der Waals surface area contributed by atoms with Crippen molar-refractivity contribution < 1.29 is 18.7 Å². The maximum Gasteiger partial charge on any atom is 0.349 e. The number of carbonyl (C=O) groups is 1. The van der Waals surface area contributed by atoms with Crippen LogP contribution in [-0.2, 0) is 4.74 Å². The Morgan fingerprint density at radius 1 is 1.26 bits per heavy atom. The van der Waals surface area contributed by atoms with Crippen LogP contribution in [0.5, 0.6) is 5.75 Å². The monoisotopic (exact) mass is 344 g/mol. The van der Waals surface area contributed by atoms with Crippen LogP contribution < -0.4 is 4.74 Å². The molecular weight excluding hydrogens is 335 g/mol. The molecule has 6 heteroatoms. The number of hydrogen-bond acceptors (Lipinski definition) is 4. The molecule has 0 aliphatic carbocycles. The van der Waals surface area contributed by atoms with E-state index in [0.29, 0.717) is 9.35 Å². The summed E-state index contributed by atoms with van der Waals surface area (Å²) in [5.41, 5.74) is 0. The number of esters is 1. The molecule has 19 heavy (non-hydrogen) atoms. The van der Waals surface area contributed by atoms with Crippen molar-refractivity contribution in [3.05, 3.63) is 50.9 Å².